The summed E-state index contributed by atoms with van der Waals surface area (Å²) < 4.78 is 22.2. The second-order valence-corrected chi connectivity index (χ2v) is 7.31. The average molecular weight is 269 g/mol. The number of carbonyl (C=O) groups excluding carboxylic acids is 1. The first-order valence-corrected chi connectivity index (χ1v) is 7.76. The molecule has 0 aromatic heterocycles. The van der Waals surface area contributed by atoms with E-state index in [0.717, 1.165) is 11.8 Å². The fourth-order valence-electron chi connectivity index (χ4n) is 1.65. The van der Waals surface area contributed by atoms with Gasteiger partial charge in [-0.05, 0) is 31.5 Å². The van der Waals surface area contributed by atoms with Crippen LogP contribution in [-0.2, 0) is 20.0 Å². The lowest BCUT2D eigenvalue weighted by molar-refractivity contribution is -0.123. The molecule has 1 aromatic rings. The van der Waals surface area contributed by atoms with Gasteiger partial charge in [0.25, 0.3) is 0 Å². The standard InChI is InChI=1S/C13H19NO3S/c1-13(2,10-4-6-11(14)7-5-10)12(15)8-9-18(3,16)17/h4-7H,8-9,14H2,1-3H3. The van der Waals surface area contributed by atoms with Gasteiger partial charge in [-0.2, -0.15) is 0 Å². The van der Waals surface area contributed by atoms with Crippen LogP contribution < -0.4 is 5.73 Å². The van der Waals surface area contributed by atoms with Crippen LogP contribution in [0.25, 0.3) is 0 Å². The second kappa shape index (κ2) is 5.10. The molecule has 1 aromatic carbocycles. The van der Waals surface area contributed by atoms with Gasteiger partial charge in [0, 0.05) is 23.8 Å². The van der Waals surface area contributed by atoms with E-state index in [1.165, 1.54) is 0 Å². The monoisotopic (exact) mass is 269 g/mol. The molecule has 2 N–H and O–H groups in total. The van der Waals surface area contributed by atoms with E-state index in [-0.39, 0.29) is 18.0 Å². The summed E-state index contributed by atoms with van der Waals surface area (Å²) in [6, 6.07) is 7.07. The molecule has 0 amide bonds. The summed E-state index contributed by atoms with van der Waals surface area (Å²) in [6.07, 6.45) is 1.17. The molecule has 0 aliphatic heterocycles. The Morgan fingerprint density at radius 2 is 1.72 bits per heavy atom. The molecular formula is C13H19NO3S. The van der Waals surface area contributed by atoms with Gasteiger partial charge in [0.2, 0.25) is 0 Å². The van der Waals surface area contributed by atoms with Crippen LogP contribution in [0, 0.1) is 0 Å². The van der Waals surface area contributed by atoms with Gasteiger partial charge in [-0.15, -0.1) is 0 Å². The molecule has 0 aliphatic rings. The van der Waals surface area contributed by atoms with Crippen LogP contribution in [0.5, 0.6) is 0 Å². The molecule has 0 spiro atoms. The van der Waals surface area contributed by atoms with Crippen LogP contribution in [0.3, 0.4) is 0 Å². The van der Waals surface area contributed by atoms with Gasteiger partial charge in [0.1, 0.15) is 15.6 Å². The van der Waals surface area contributed by atoms with Gasteiger partial charge in [0.05, 0.1) is 5.75 Å². The van der Waals surface area contributed by atoms with Gasteiger partial charge in [0.15, 0.2) is 0 Å². The van der Waals surface area contributed by atoms with Crippen LogP contribution in [0.2, 0.25) is 0 Å². The number of rotatable bonds is 5. The number of sulfone groups is 1. The highest BCUT2D eigenvalue weighted by Crippen LogP contribution is 2.26. The zero-order valence-electron chi connectivity index (χ0n) is 10.9. The van der Waals surface area contributed by atoms with Crippen LogP contribution in [0.1, 0.15) is 25.8 Å². The normalized spacial score (nSPS) is 12.4. The summed E-state index contributed by atoms with van der Waals surface area (Å²) >= 11 is 0. The molecule has 0 saturated carbocycles. The van der Waals surface area contributed by atoms with E-state index in [9.17, 15) is 13.2 Å². The Morgan fingerprint density at radius 3 is 2.17 bits per heavy atom. The van der Waals surface area contributed by atoms with Crippen molar-refractivity contribution >= 4 is 21.3 Å². The minimum Gasteiger partial charge on any atom is -0.399 e. The van der Waals surface area contributed by atoms with Crippen molar-refractivity contribution in [2.45, 2.75) is 25.7 Å². The first-order valence-electron chi connectivity index (χ1n) is 5.70. The van der Waals surface area contributed by atoms with Crippen LogP contribution in [-0.4, -0.2) is 26.2 Å². The lowest BCUT2D eigenvalue weighted by Gasteiger charge is -2.23. The Balaban J connectivity index is 2.86. The number of Topliss-reactive ketones (excluding diaryl/α,β-unsaturated/α-hetero) is 1. The molecule has 0 radical (unpaired) electrons. The maximum atomic E-state index is 12.1. The molecule has 5 heteroatoms. The topological polar surface area (TPSA) is 77.2 Å². The van der Waals surface area contributed by atoms with E-state index in [0.29, 0.717) is 5.69 Å². The minimum atomic E-state index is -3.11. The molecule has 0 heterocycles. The molecule has 0 unspecified atom stereocenters. The Morgan fingerprint density at radius 1 is 1.22 bits per heavy atom. The van der Waals surface area contributed by atoms with E-state index < -0.39 is 15.3 Å². The summed E-state index contributed by atoms with van der Waals surface area (Å²) in [5, 5.41) is 0. The van der Waals surface area contributed by atoms with E-state index in [1.807, 2.05) is 0 Å². The van der Waals surface area contributed by atoms with Gasteiger partial charge in [-0.25, -0.2) is 8.42 Å². The maximum absolute atomic E-state index is 12.1. The van der Waals surface area contributed by atoms with Crippen LogP contribution in [0.4, 0.5) is 5.69 Å². The lowest BCUT2D eigenvalue weighted by Crippen LogP contribution is -2.30. The van der Waals surface area contributed by atoms with Crippen LogP contribution >= 0.6 is 0 Å². The first kappa shape index (κ1) is 14.7. The second-order valence-electron chi connectivity index (χ2n) is 5.05. The minimum absolute atomic E-state index is 0.0379. The third-order valence-corrected chi connectivity index (χ3v) is 3.98. The molecule has 1 rings (SSSR count). The van der Waals surface area contributed by atoms with Crippen molar-refractivity contribution in [2.75, 3.05) is 17.7 Å². The summed E-state index contributed by atoms with van der Waals surface area (Å²) in [5.74, 6) is -0.192. The largest absolute Gasteiger partial charge is 0.399 e. The number of benzene rings is 1. The lowest BCUT2D eigenvalue weighted by atomic mass is 9.79. The molecule has 18 heavy (non-hydrogen) atoms. The van der Waals surface area contributed by atoms with Gasteiger partial charge < -0.3 is 5.73 Å². The third kappa shape index (κ3) is 3.84. The molecular weight excluding hydrogens is 250 g/mol. The Hall–Kier alpha value is -1.36. The quantitative estimate of drug-likeness (QED) is 0.823. The molecule has 100 valence electrons. The van der Waals surface area contributed by atoms with E-state index in [1.54, 1.807) is 38.1 Å². The van der Waals surface area contributed by atoms with Crippen molar-refractivity contribution in [1.82, 2.24) is 0 Å². The van der Waals surface area contributed by atoms with E-state index in [4.69, 9.17) is 5.73 Å². The van der Waals surface area contributed by atoms with Gasteiger partial charge in [-0.1, -0.05) is 12.1 Å². The van der Waals surface area contributed by atoms with Gasteiger partial charge in [-0.3, -0.25) is 4.79 Å². The highest BCUT2D eigenvalue weighted by Gasteiger charge is 2.29. The number of ketones is 1. The fourth-order valence-corrected chi connectivity index (χ4v) is 2.21. The molecule has 0 saturated heterocycles. The molecule has 0 atom stereocenters. The van der Waals surface area contributed by atoms with Crippen molar-refractivity contribution in [1.29, 1.82) is 0 Å². The van der Waals surface area contributed by atoms with E-state index >= 15 is 0 Å². The number of hydrogen-bond donors (Lipinski definition) is 1. The smallest absolute Gasteiger partial charge is 0.147 e. The number of carbonyl (C=O) groups is 1. The van der Waals surface area contributed by atoms with Gasteiger partial charge >= 0.3 is 0 Å². The average Bonchev–Trinajstić information content (AvgIpc) is 2.25. The zero-order chi connectivity index (χ0) is 14.0. The maximum Gasteiger partial charge on any atom is 0.147 e. The predicted octanol–water partition coefficient (Wildman–Crippen LogP) is 1.55. The number of nitrogen functional groups attached to an aromatic ring is 1. The van der Waals surface area contributed by atoms with Crippen molar-refractivity contribution in [2.24, 2.45) is 0 Å². The number of nitrogens with two attached hydrogens (primary N) is 1. The van der Waals surface area contributed by atoms with E-state index in [2.05, 4.69) is 0 Å². The van der Waals surface area contributed by atoms with Crippen molar-refractivity contribution < 1.29 is 13.2 Å². The van der Waals surface area contributed by atoms with Crippen molar-refractivity contribution in [3.8, 4) is 0 Å². The van der Waals surface area contributed by atoms with Crippen molar-refractivity contribution in [3.63, 3.8) is 0 Å². The summed E-state index contributed by atoms with van der Waals surface area (Å²) in [5.41, 5.74) is 6.38. The Bertz CT molecular complexity index is 530. The zero-order valence-corrected chi connectivity index (χ0v) is 11.8. The molecule has 4 nitrogen and oxygen atoms in total. The molecule has 0 aliphatic carbocycles. The molecule has 0 bridgehead atoms. The van der Waals surface area contributed by atoms with Crippen LogP contribution in [0.15, 0.2) is 24.3 Å². The summed E-state index contributed by atoms with van der Waals surface area (Å²) in [7, 11) is -3.11. The highest BCUT2D eigenvalue weighted by molar-refractivity contribution is 7.90. The summed E-state index contributed by atoms with van der Waals surface area (Å²) in [4.78, 5) is 12.1. The Labute approximate surface area is 108 Å². The first-order chi connectivity index (χ1) is 8.13. The highest BCUT2D eigenvalue weighted by atomic mass is 32.2. The number of anilines is 1. The third-order valence-electron chi connectivity index (χ3n) is 3.03. The SMILES string of the molecule is CC(C)(C(=O)CCS(C)(=O)=O)c1ccc(N)cc1. The summed E-state index contributed by atoms with van der Waals surface area (Å²) in [6.45, 7) is 3.59. The van der Waals surface area contributed by atoms with Crippen molar-refractivity contribution in [3.05, 3.63) is 29.8 Å². The number of hydrogen-bond acceptors (Lipinski definition) is 4. The fraction of sp³-hybridized carbons (Fsp3) is 0.462. The predicted molar refractivity (Wildman–Crippen MR) is 73.2 cm³/mol. The molecule has 0 fully saturated rings. The Kier molecular flexibility index (Phi) is 4.16.